The Balaban J connectivity index is 1.79. The lowest BCUT2D eigenvalue weighted by Gasteiger charge is -2.29. The van der Waals surface area contributed by atoms with Gasteiger partial charge in [0.25, 0.3) is 0 Å². The van der Waals surface area contributed by atoms with Gasteiger partial charge in [-0.15, -0.1) is 0 Å². The van der Waals surface area contributed by atoms with E-state index in [-0.39, 0.29) is 18.9 Å². The number of hydrogen-bond donors (Lipinski definition) is 2. The molecule has 0 amide bonds. The van der Waals surface area contributed by atoms with E-state index in [1.165, 1.54) is 0 Å². The van der Waals surface area contributed by atoms with Crippen LogP contribution in [0.15, 0.2) is 24.4 Å². The molecule has 2 aromatic heterocycles. The van der Waals surface area contributed by atoms with Gasteiger partial charge in [-0.1, -0.05) is 0 Å². The monoisotopic (exact) mass is 321 g/mol. The van der Waals surface area contributed by atoms with Crippen molar-refractivity contribution in [3.8, 4) is 5.82 Å². The van der Waals surface area contributed by atoms with Crippen LogP contribution in [0.3, 0.4) is 0 Å². The second-order valence-corrected chi connectivity index (χ2v) is 6.10. The van der Waals surface area contributed by atoms with Crippen LogP contribution in [0.5, 0.6) is 0 Å². The highest BCUT2D eigenvalue weighted by Crippen LogP contribution is 2.34. The molecule has 5 nitrogen and oxygen atoms in total. The Kier molecular flexibility index (Phi) is 4.30. The summed E-state index contributed by atoms with van der Waals surface area (Å²) in [5.41, 5.74) is 7.58. The van der Waals surface area contributed by atoms with E-state index in [1.54, 1.807) is 4.68 Å². The molecular weight excluding hydrogens is 300 g/mol. The van der Waals surface area contributed by atoms with Gasteiger partial charge in [-0.05, 0) is 43.5 Å². The first kappa shape index (κ1) is 15.9. The number of halogens is 2. The highest BCUT2D eigenvalue weighted by Gasteiger charge is 2.34. The molecule has 0 spiro atoms. The van der Waals surface area contributed by atoms with E-state index < -0.39 is 5.92 Å². The van der Waals surface area contributed by atoms with Crippen molar-refractivity contribution in [2.75, 3.05) is 5.32 Å². The average molecular weight is 321 g/mol. The van der Waals surface area contributed by atoms with Crippen LogP contribution < -0.4 is 11.1 Å². The fraction of sp³-hybridized carbons (Fsp3) is 0.500. The lowest BCUT2D eigenvalue weighted by Crippen LogP contribution is -2.32. The van der Waals surface area contributed by atoms with Crippen molar-refractivity contribution in [3.05, 3.63) is 35.7 Å². The van der Waals surface area contributed by atoms with Gasteiger partial charge < -0.3 is 11.1 Å². The van der Waals surface area contributed by atoms with Gasteiger partial charge in [0.05, 0.1) is 5.69 Å². The summed E-state index contributed by atoms with van der Waals surface area (Å²) < 4.78 is 28.2. The molecule has 1 fully saturated rings. The van der Waals surface area contributed by atoms with E-state index in [9.17, 15) is 8.78 Å². The molecule has 0 saturated heterocycles. The highest BCUT2D eigenvalue weighted by molar-refractivity contribution is 5.44. The van der Waals surface area contributed by atoms with E-state index in [2.05, 4.69) is 15.4 Å². The number of anilines is 1. The summed E-state index contributed by atoms with van der Waals surface area (Å²) in [7, 11) is 0. The Bertz CT molecular complexity index is 673. The molecule has 23 heavy (non-hydrogen) atoms. The summed E-state index contributed by atoms with van der Waals surface area (Å²) in [5, 5.41) is 7.62. The summed E-state index contributed by atoms with van der Waals surface area (Å²) in [6.07, 6.45) is 2.57. The fourth-order valence-electron chi connectivity index (χ4n) is 2.82. The molecule has 3 rings (SSSR count). The topological polar surface area (TPSA) is 68.8 Å². The number of nitrogens with two attached hydrogens (primary N) is 1. The lowest BCUT2D eigenvalue weighted by atomic mass is 9.92. The molecule has 2 aromatic rings. The minimum Gasteiger partial charge on any atom is -0.367 e. The van der Waals surface area contributed by atoms with E-state index in [0.717, 1.165) is 11.3 Å². The van der Waals surface area contributed by atoms with Crippen LogP contribution in [-0.2, 0) is 6.54 Å². The van der Waals surface area contributed by atoms with Gasteiger partial charge in [0.1, 0.15) is 5.82 Å². The normalized spacial score (nSPS) is 18.1. The van der Waals surface area contributed by atoms with Gasteiger partial charge in [-0.2, -0.15) is 5.10 Å². The van der Waals surface area contributed by atoms with Gasteiger partial charge in [-0.3, -0.25) is 0 Å². The van der Waals surface area contributed by atoms with E-state index in [1.807, 2.05) is 31.3 Å². The minimum atomic E-state index is -2.53. The van der Waals surface area contributed by atoms with Crippen LogP contribution in [0.1, 0.15) is 36.9 Å². The van der Waals surface area contributed by atoms with E-state index in [0.29, 0.717) is 31.0 Å². The van der Waals surface area contributed by atoms with Crippen LogP contribution >= 0.6 is 0 Å². The number of aryl methyl sites for hydroxylation is 1. The Morgan fingerprint density at radius 1 is 1.35 bits per heavy atom. The predicted octanol–water partition coefficient (Wildman–Crippen LogP) is 3.02. The number of hydrogen-bond acceptors (Lipinski definition) is 4. The first-order chi connectivity index (χ1) is 10.9. The maximum atomic E-state index is 13.3. The third kappa shape index (κ3) is 3.85. The second kappa shape index (κ2) is 6.23. The van der Waals surface area contributed by atoms with E-state index in [4.69, 9.17) is 5.73 Å². The summed E-state index contributed by atoms with van der Waals surface area (Å²) >= 11 is 0. The summed E-state index contributed by atoms with van der Waals surface area (Å²) in [4.78, 5) is 4.54. The van der Waals surface area contributed by atoms with Gasteiger partial charge in [0.2, 0.25) is 5.92 Å². The fourth-order valence-corrected chi connectivity index (χ4v) is 2.82. The molecule has 0 radical (unpaired) electrons. The zero-order chi connectivity index (χ0) is 16.4. The summed E-state index contributed by atoms with van der Waals surface area (Å²) in [5.74, 6) is -1.20. The molecule has 7 heteroatoms. The van der Waals surface area contributed by atoms with Crippen LogP contribution in [0.4, 0.5) is 14.6 Å². The number of pyridine rings is 1. The number of rotatable bonds is 4. The quantitative estimate of drug-likeness (QED) is 0.908. The molecule has 1 aliphatic carbocycles. The zero-order valence-corrected chi connectivity index (χ0v) is 13.1. The smallest absolute Gasteiger partial charge is 0.248 e. The number of nitrogens with zero attached hydrogens (tertiary/aromatic N) is 3. The van der Waals surface area contributed by atoms with Crippen molar-refractivity contribution in [1.82, 2.24) is 14.8 Å². The molecule has 124 valence electrons. The molecule has 0 aliphatic heterocycles. The minimum absolute atomic E-state index is 0.0161. The molecule has 0 bridgehead atoms. The third-order valence-corrected chi connectivity index (χ3v) is 4.13. The van der Waals surface area contributed by atoms with Crippen molar-refractivity contribution in [2.24, 2.45) is 5.73 Å². The number of nitrogens with one attached hydrogen (secondary N) is 1. The maximum absolute atomic E-state index is 13.3. The van der Waals surface area contributed by atoms with Crippen LogP contribution in [0.25, 0.3) is 5.82 Å². The van der Waals surface area contributed by atoms with Crippen LogP contribution in [-0.4, -0.2) is 26.7 Å². The second-order valence-electron chi connectivity index (χ2n) is 6.10. The number of alkyl halides is 2. The predicted molar refractivity (Wildman–Crippen MR) is 84.8 cm³/mol. The lowest BCUT2D eigenvalue weighted by molar-refractivity contribution is -0.0361. The largest absolute Gasteiger partial charge is 0.367 e. The van der Waals surface area contributed by atoms with Crippen molar-refractivity contribution in [1.29, 1.82) is 0 Å². The summed E-state index contributed by atoms with van der Waals surface area (Å²) in [6.45, 7) is 2.29. The Morgan fingerprint density at radius 3 is 2.70 bits per heavy atom. The SMILES string of the molecule is Cc1ccn(-c2cc(CN)cc(NC3CCC(F)(F)CC3)n2)n1. The van der Waals surface area contributed by atoms with Crippen molar-refractivity contribution < 1.29 is 8.78 Å². The molecule has 1 saturated carbocycles. The van der Waals surface area contributed by atoms with Gasteiger partial charge >= 0.3 is 0 Å². The summed E-state index contributed by atoms with van der Waals surface area (Å²) in [6, 6.07) is 5.66. The number of aromatic nitrogens is 3. The molecule has 3 N–H and O–H groups in total. The van der Waals surface area contributed by atoms with Crippen molar-refractivity contribution in [2.45, 2.75) is 51.1 Å². The highest BCUT2D eigenvalue weighted by atomic mass is 19.3. The first-order valence-corrected chi connectivity index (χ1v) is 7.83. The zero-order valence-electron chi connectivity index (χ0n) is 13.1. The molecule has 0 aromatic carbocycles. The molecular formula is C16H21F2N5. The molecule has 0 unspecified atom stereocenters. The van der Waals surface area contributed by atoms with Crippen molar-refractivity contribution >= 4 is 5.82 Å². The maximum Gasteiger partial charge on any atom is 0.248 e. The van der Waals surface area contributed by atoms with Crippen LogP contribution in [0.2, 0.25) is 0 Å². The van der Waals surface area contributed by atoms with E-state index >= 15 is 0 Å². The molecule has 2 heterocycles. The van der Waals surface area contributed by atoms with Gasteiger partial charge in [0, 0.05) is 31.6 Å². The standard InChI is InChI=1S/C16H21F2N5/c1-11-4-7-23(22-11)15-9-12(10-19)8-14(21-15)20-13-2-5-16(17,18)6-3-13/h4,7-9,13H,2-3,5-6,10,19H2,1H3,(H,20,21). The average Bonchev–Trinajstić information content (AvgIpc) is 2.96. The van der Waals surface area contributed by atoms with Crippen LogP contribution in [0, 0.1) is 6.92 Å². The molecule has 1 aliphatic rings. The Labute approximate surface area is 133 Å². The van der Waals surface area contributed by atoms with Gasteiger partial charge in [0.15, 0.2) is 5.82 Å². The Hall–Kier alpha value is -2.02. The van der Waals surface area contributed by atoms with Gasteiger partial charge in [-0.25, -0.2) is 18.4 Å². The Morgan fingerprint density at radius 2 is 2.09 bits per heavy atom. The van der Waals surface area contributed by atoms with Crippen molar-refractivity contribution in [3.63, 3.8) is 0 Å². The first-order valence-electron chi connectivity index (χ1n) is 7.83. The molecule has 0 atom stereocenters. The third-order valence-electron chi connectivity index (χ3n) is 4.13.